The van der Waals surface area contributed by atoms with Gasteiger partial charge in [0.25, 0.3) is 0 Å². The molecule has 0 amide bonds. The highest BCUT2D eigenvalue weighted by Crippen LogP contribution is 2.19. The third-order valence-electron chi connectivity index (χ3n) is 3.06. The minimum absolute atomic E-state index is 0.129. The Bertz CT molecular complexity index is 351. The molecule has 0 saturated heterocycles. The van der Waals surface area contributed by atoms with E-state index in [1.807, 2.05) is 18.2 Å². The zero-order valence-corrected chi connectivity index (χ0v) is 11.2. The summed E-state index contributed by atoms with van der Waals surface area (Å²) in [6.45, 7) is 4.31. The molecule has 2 unspecified atom stereocenters. The highest BCUT2D eigenvalue weighted by atomic mass is 16.4. The van der Waals surface area contributed by atoms with Crippen LogP contribution in [0.4, 0.5) is 0 Å². The Morgan fingerprint density at radius 2 is 1.94 bits per heavy atom. The van der Waals surface area contributed by atoms with Gasteiger partial charge in [-0.2, -0.15) is 0 Å². The van der Waals surface area contributed by atoms with Gasteiger partial charge in [-0.3, -0.25) is 4.79 Å². The van der Waals surface area contributed by atoms with Crippen LogP contribution in [0.5, 0.6) is 0 Å². The first-order valence-corrected chi connectivity index (χ1v) is 6.66. The maximum absolute atomic E-state index is 10.7. The molecule has 18 heavy (non-hydrogen) atoms. The number of carbonyl (C=O) groups is 1. The topological polar surface area (TPSA) is 49.3 Å². The van der Waals surface area contributed by atoms with Crippen LogP contribution in [0.15, 0.2) is 30.3 Å². The standard InChI is InChI=1S/C15H23NO2/c1-3-7-12(2)16-14(10-11-15(17)18)13-8-5-4-6-9-13/h4-6,8-9,12,14,16H,3,7,10-11H2,1-2H3,(H,17,18). The van der Waals surface area contributed by atoms with E-state index in [0.717, 1.165) is 12.8 Å². The summed E-state index contributed by atoms with van der Waals surface area (Å²) in [5.74, 6) is -0.735. The van der Waals surface area contributed by atoms with Gasteiger partial charge in [-0.15, -0.1) is 0 Å². The molecule has 0 bridgehead atoms. The molecule has 0 aliphatic heterocycles. The molecule has 0 aromatic heterocycles. The van der Waals surface area contributed by atoms with Crippen molar-refractivity contribution < 1.29 is 9.90 Å². The Kier molecular flexibility index (Phi) is 6.44. The van der Waals surface area contributed by atoms with Gasteiger partial charge in [-0.05, 0) is 25.3 Å². The molecule has 0 heterocycles. The van der Waals surface area contributed by atoms with Crippen LogP contribution < -0.4 is 5.32 Å². The summed E-state index contributed by atoms with van der Waals surface area (Å²) in [5.41, 5.74) is 1.17. The minimum atomic E-state index is -0.735. The van der Waals surface area contributed by atoms with E-state index in [2.05, 4.69) is 31.3 Å². The Hall–Kier alpha value is -1.35. The second kappa shape index (κ2) is 7.88. The van der Waals surface area contributed by atoms with Crippen molar-refractivity contribution in [3.05, 3.63) is 35.9 Å². The van der Waals surface area contributed by atoms with E-state index in [1.54, 1.807) is 0 Å². The lowest BCUT2D eigenvalue weighted by Gasteiger charge is -2.23. The van der Waals surface area contributed by atoms with Crippen LogP contribution in [-0.2, 0) is 4.79 Å². The molecule has 2 N–H and O–H groups in total. The van der Waals surface area contributed by atoms with Crippen LogP contribution in [0.2, 0.25) is 0 Å². The Morgan fingerprint density at radius 1 is 1.28 bits per heavy atom. The molecule has 0 aliphatic carbocycles. The highest BCUT2D eigenvalue weighted by Gasteiger charge is 2.15. The molecule has 1 aromatic rings. The lowest BCUT2D eigenvalue weighted by atomic mass is 10.0. The first kappa shape index (κ1) is 14.7. The average molecular weight is 249 g/mol. The summed E-state index contributed by atoms with van der Waals surface area (Å²) in [6.07, 6.45) is 3.07. The minimum Gasteiger partial charge on any atom is -0.481 e. The van der Waals surface area contributed by atoms with Gasteiger partial charge in [0.1, 0.15) is 0 Å². The van der Waals surface area contributed by atoms with Crippen molar-refractivity contribution in [3.8, 4) is 0 Å². The molecule has 3 nitrogen and oxygen atoms in total. The number of nitrogens with one attached hydrogen (secondary N) is 1. The van der Waals surface area contributed by atoms with Gasteiger partial charge in [0.05, 0.1) is 0 Å². The van der Waals surface area contributed by atoms with Gasteiger partial charge < -0.3 is 10.4 Å². The lowest BCUT2D eigenvalue weighted by molar-refractivity contribution is -0.137. The van der Waals surface area contributed by atoms with Crippen molar-refractivity contribution in [2.24, 2.45) is 0 Å². The van der Waals surface area contributed by atoms with Gasteiger partial charge >= 0.3 is 5.97 Å². The average Bonchev–Trinajstić information content (AvgIpc) is 2.35. The fourth-order valence-electron chi connectivity index (χ4n) is 2.16. The van der Waals surface area contributed by atoms with E-state index in [4.69, 9.17) is 5.11 Å². The maximum atomic E-state index is 10.7. The van der Waals surface area contributed by atoms with Gasteiger partial charge in [-0.25, -0.2) is 0 Å². The van der Waals surface area contributed by atoms with Crippen LogP contribution in [0.3, 0.4) is 0 Å². The van der Waals surface area contributed by atoms with Crippen molar-refractivity contribution in [2.75, 3.05) is 0 Å². The predicted molar refractivity (Wildman–Crippen MR) is 73.6 cm³/mol. The first-order valence-electron chi connectivity index (χ1n) is 6.66. The second-order valence-corrected chi connectivity index (χ2v) is 4.75. The van der Waals surface area contributed by atoms with Gasteiger partial charge in [-0.1, -0.05) is 43.7 Å². The van der Waals surface area contributed by atoms with Gasteiger partial charge in [0.2, 0.25) is 0 Å². The van der Waals surface area contributed by atoms with Crippen molar-refractivity contribution >= 4 is 5.97 Å². The predicted octanol–water partition coefficient (Wildman–Crippen LogP) is 3.37. The number of hydrogen-bond acceptors (Lipinski definition) is 2. The number of hydrogen-bond donors (Lipinski definition) is 2. The van der Waals surface area contributed by atoms with Gasteiger partial charge in [0, 0.05) is 18.5 Å². The summed E-state index contributed by atoms with van der Waals surface area (Å²) in [4.78, 5) is 10.7. The van der Waals surface area contributed by atoms with E-state index in [0.29, 0.717) is 12.5 Å². The van der Waals surface area contributed by atoms with E-state index in [1.165, 1.54) is 5.56 Å². The van der Waals surface area contributed by atoms with Crippen LogP contribution >= 0.6 is 0 Å². The molecule has 0 aliphatic rings. The molecule has 0 spiro atoms. The van der Waals surface area contributed by atoms with Crippen LogP contribution in [-0.4, -0.2) is 17.1 Å². The summed E-state index contributed by atoms with van der Waals surface area (Å²) >= 11 is 0. The summed E-state index contributed by atoms with van der Waals surface area (Å²) < 4.78 is 0. The Labute approximate surface area is 109 Å². The zero-order valence-electron chi connectivity index (χ0n) is 11.2. The molecular weight excluding hydrogens is 226 g/mol. The van der Waals surface area contributed by atoms with Crippen molar-refractivity contribution in [2.45, 2.75) is 51.6 Å². The summed E-state index contributed by atoms with van der Waals surface area (Å²) in [6, 6.07) is 10.6. The molecule has 100 valence electrons. The molecule has 1 rings (SSSR count). The molecule has 2 atom stereocenters. The van der Waals surface area contributed by atoms with Crippen molar-refractivity contribution in [1.82, 2.24) is 5.32 Å². The molecule has 0 saturated carbocycles. The van der Waals surface area contributed by atoms with E-state index < -0.39 is 5.97 Å². The van der Waals surface area contributed by atoms with E-state index in [-0.39, 0.29) is 12.5 Å². The van der Waals surface area contributed by atoms with Crippen LogP contribution in [0, 0.1) is 0 Å². The summed E-state index contributed by atoms with van der Waals surface area (Å²) in [7, 11) is 0. The first-order chi connectivity index (χ1) is 8.63. The number of benzene rings is 1. The van der Waals surface area contributed by atoms with Crippen molar-refractivity contribution in [1.29, 1.82) is 0 Å². The van der Waals surface area contributed by atoms with Gasteiger partial charge in [0.15, 0.2) is 0 Å². The number of rotatable bonds is 8. The Balaban J connectivity index is 2.66. The smallest absolute Gasteiger partial charge is 0.303 e. The quantitative estimate of drug-likeness (QED) is 0.742. The number of carboxylic acids is 1. The van der Waals surface area contributed by atoms with E-state index in [9.17, 15) is 4.79 Å². The second-order valence-electron chi connectivity index (χ2n) is 4.75. The van der Waals surface area contributed by atoms with E-state index >= 15 is 0 Å². The maximum Gasteiger partial charge on any atom is 0.303 e. The molecule has 0 radical (unpaired) electrons. The summed E-state index contributed by atoms with van der Waals surface area (Å²) in [5, 5.41) is 12.3. The monoisotopic (exact) mass is 249 g/mol. The Morgan fingerprint density at radius 3 is 2.50 bits per heavy atom. The third kappa shape index (κ3) is 5.32. The lowest BCUT2D eigenvalue weighted by Crippen LogP contribution is -2.30. The van der Waals surface area contributed by atoms with Crippen LogP contribution in [0.1, 0.15) is 51.1 Å². The zero-order chi connectivity index (χ0) is 13.4. The van der Waals surface area contributed by atoms with Crippen molar-refractivity contribution in [3.63, 3.8) is 0 Å². The molecule has 0 fully saturated rings. The number of carboxylic acid groups (broad SMARTS) is 1. The molecule has 1 aromatic carbocycles. The fourth-order valence-corrected chi connectivity index (χ4v) is 2.16. The van der Waals surface area contributed by atoms with Crippen LogP contribution in [0.25, 0.3) is 0 Å². The molecule has 3 heteroatoms. The molecular formula is C15H23NO2. The fraction of sp³-hybridized carbons (Fsp3) is 0.533. The highest BCUT2D eigenvalue weighted by molar-refractivity contribution is 5.66. The SMILES string of the molecule is CCCC(C)NC(CCC(=O)O)c1ccccc1. The normalized spacial score (nSPS) is 14.1. The number of aliphatic carboxylic acids is 1. The largest absolute Gasteiger partial charge is 0.481 e. The third-order valence-corrected chi connectivity index (χ3v) is 3.06.